The Balaban J connectivity index is 2.46. The van der Waals surface area contributed by atoms with Crippen LogP contribution in [-0.4, -0.2) is 18.5 Å². The van der Waals surface area contributed by atoms with Crippen LogP contribution in [0.1, 0.15) is 63.4 Å². The molecule has 140 valence electrons. The van der Waals surface area contributed by atoms with E-state index >= 15 is 0 Å². The van der Waals surface area contributed by atoms with Crippen LogP contribution < -0.4 is 5.32 Å². The minimum absolute atomic E-state index is 0.133. The van der Waals surface area contributed by atoms with Crippen molar-refractivity contribution >= 4 is 28.2 Å². The molecular formula is C21H27NO3S. The van der Waals surface area contributed by atoms with E-state index < -0.39 is 11.4 Å². The number of nitrogens with one attached hydrogen (secondary N) is 1. The molecule has 0 spiro atoms. The van der Waals surface area contributed by atoms with Crippen LogP contribution in [0.15, 0.2) is 29.6 Å². The SMILES string of the molecule is CCOC(=O)c1c(-c2ccc(C(C)C)cc2)csc1NC(=O)C(C)(C)C. The highest BCUT2D eigenvalue weighted by molar-refractivity contribution is 7.15. The minimum Gasteiger partial charge on any atom is -0.462 e. The molecule has 1 aromatic heterocycles. The van der Waals surface area contributed by atoms with Crippen molar-refractivity contribution in [1.82, 2.24) is 0 Å². The Morgan fingerprint density at radius 3 is 2.27 bits per heavy atom. The van der Waals surface area contributed by atoms with Crippen LogP contribution in [0.2, 0.25) is 0 Å². The predicted octanol–water partition coefficient (Wildman–Crippen LogP) is 5.70. The summed E-state index contributed by atoms with van der Waals surface area (Å²) in [6.45, 7) is 11.9. The Morgan fingerprint density at radius 2 is 1.77 bits per heavy atom. The molecule has 0 aliphatic rings. The van der Waals surface area contributed by atoms with E-state index in [9.17, 15) is 9.59 Å². The lowest BCUT2D eigenvalue weighted by molar-refractivity contribution is -0.123. The maximum atomic E-state index is 12.6. The third kappa shape index (κ3) is 4.52. The molecular weight excluding hydrogens is 346 g/mol. The van der Waals surface area contributed by atoms with Gasteiger partial charge in [0.05, 0.1) is 6.61 Å². The molecule has 0 aliphatic carbocycles. The van der Waals surface area contributed by atoms with Crippen molar-refractivity contribution in [2.75, 3.05) is 11.9 Å². The van der Waals surface area contributed by atoms with E-state index in [0.717, 1.165) is 11.1 Å². The predicted molar refractivity (Wildman–Crippen MR) is 108 cm³/mol. The van der Waals surface area contributed by atoms with E-state index in [1.54, 1.807) is 6.92 Å². The van der Waals surface area contributed by atoms with Gasteiger partial charge in [-0.2, -0.15) is 0 Å². The lowest BCUT2D eigenvalue weighted by Gasteiger charge is -2.17. The first-order valence-electron chi connectivity index (χ1n) is 8.85. The normalized spacial score (nSPS) is 11.5. The molecule has 1 aromatic carbocycles. The van der Waals surface area contributed by atoms with Crippen molar-refractivity contribution in [2.45, 2.75) is 47.5 Å². The number of rotatable bonds is 5. The van der Waals surface area contributed by atoms with Gasteiger partial charge in [0.25, 0.3) is 0 Å². The molecule has 0 fully saturated rings. The highest BCUT2D eigenvalue weighted by Crippen LogP contribution is 2.37. The van der Waals surface area contributed by atoms with Gasteiger partial charge in [0.15, 0.2) is 0 Å². The van der Waals surface area contributed by atoms with Crippen LogP contribution in [0.3, 0.4) is 0 Å². The van der Waals surface area contributed by atoms with Crippen LogP contribution in [0.5, 0.6) is 0 Å². The number of esters is 1. The van der Waals surface area contributed by atoms with E-state index in [2.05, 4.69) is 31.3 Å². The second-order valence-corrected chi connectivity index (χ2v) is 8.43. The summed E-state index contributed by atoms with van der Waals surface area (Å²) in [5.41, 5.74) is 2.84. The molecule has 5 heteroatoms. The number of anilines is 1. The van der Waals surface area contributed by atoms with Gasteiger partial charge in [-0.3, -0.25) is 4.79 Å². The van der Waals surface area contributed by atoms with Crippen molar-refractivity contribution in [1.29, 1.82) is 0 Å². The average Bonchev–Trinajstić information content (AvgIpc) is 2.98. The molecule has 2 rings (SSSR count). The van der Waals surface area contributed by atoms with Gasteiger partial charge >= 0.3 is 5.97 Å². The highest BCUT2D eigenvalue weighted by atomic mass is 32.1. The first-order chi connectivity index (χ1) is 12.1. The van der Waals surface area contributed by atoms with Crippen LogP contribution in [-0.2, 0) is 9.53 Å². The largest absolute Gasteiger partial charge is 0.462 e. The van der Waals surface area contributed by atoms with Gasteiger partial charge in [0.1, 0.15) is 10.6 Å². The molecule has 0 saturated carbocycles. The lowest BCUT2D eigenvalue weighted by atomic mass is 9.95. The van der Waals surface area contributed by atoms with Crippen molar-refractivity contribution in [3.8, 4) is 11.1 Å². The van der Waals surface area contributed by atoms with Gasteiger partial charge in [0.2, 0.25) is 5.91 Å². The maximum Gasteiger partial charge on any atom is 0.341 e. The second kappa shape index (κ2) is 8.04. The summed E-state index contributed by atoms with van der Waals surface area (Å²) in [5, 5.41) is 5.32. The Labute approximate surface area is 159 Å². The molecule has 0 saturated heterocycles. The van der Waals surface area contributed by atoms with E-state index in [4.69, 9.17) is 4.74 Å². The van der Waals surface area contributed by atoms with Gasteiger partial charge in [-0.15, -0.1) is 11.3 Å². The van der Waals surface area contributed by atoms with Crippen LogP contribution in [0.4, 0.5) is 5.00 Å². The third-order valence-corrected chi connectivity index (χ3v) is 4.96. The zero-order chi connectivity index (χ0) is 19.5. The molecule has 0 unspecified atom stereocenters. The fourth-order valence-corrected chi connectivity index (χ4v) is 3.36. The summed E-state index contributed by atoms with van der Waals surface area (Å²) < 4.78 is 5.23. The van der Waals surface area contributed by atoms with E-state index in [-0.39, 0.29) is 12.5 Å². The number of amides is 1. The van der Waals surface area contributed by atoms with Gasteiger partial charge in [-0.25, -0.2) is 4.79 Å². The second-order valence-electron chi connectivity index (χ2n) is 7.55. The molecule has 0 atom stereocenters. The topological polar surface area (TPSA) is 55.4 Å². The standard InChI is InChI=1S/C21H27NO3S/c1-7-25-19(23)17-16(15-10-8-14(9-11-15)13(2)3)12-26-18(17)22-20(24)21(4,5)6/h8-13H,7H2,1-6H3,(H,22,24). The zero-order valence-electron chi connectivity index (χ0n) is 16.3. The zero-order valence-corrected chi connectivity index (χ0v) is 17.1. The van der Waals surface area contributed by atoms with E-state index in [1.165, 1.54) is 16.9 Å². The molecule has 0 radical (unpaired) electrons. The number of carbonyl (C=O) groups excluding carboxylic acids is 2. The molecule has 0 aliphatic heterocycles. The number of ether oxygens (including phenoxy) is 1. The van der Waals surface area contributed by atoms with Crippen molar-refractivity contribution < 1.29 is 14.3 Å². The maximum absolute atomic E-state index is 12.6. The first-order valence-corrected chi connectivity index (χ1v) is 9.73. The molecule has 1 amide bonds. The van der Waals surface area contributed by atoms with E-state index in [0.29, 0.717) is 16.5 Å². The summed E-state index contributed by atoms with van der Waals surface area (Å²) >= 11 is 1.35. The van der Waals surface area contributed by atoms with Crippen LogP contribution in [0.25, 0.3) is 11.1 Å². The van der Waals surface area contributed by atoms with Crippen molar-refractivity contribution in [3.05, 3.63) is 40.8 Å². The fraction of sp³-hybridized carbons (Fsp3) is 0.429. The van der Waals surface area contributed by atoms with Gasteiger partial charge < -0.3 is 10.1 Å². The Bertz CT molecular complexity index is 783. The Morgan fingerprint density at radius 1 is 1.15 bits per heavy atom. The lowest BCUT2D eigenvalue weighted by Crippen LogP contribution is -2.28. The van der Waals surface area contributed by atoms with Gasteiger partial charge in [-0.05, 0) is 24.0 Å². The Hall–Kier alpha value is -2.14. The fourth-order valence-electron chi connectivity index (χ4n) is 2.41. The smallest absolute Gasteiger partial charge is 0.341 e. The van der Waals surface area contributed by atoms with Crippen molar-refractivity contribution in [2.24, 2.45) is 5.41 Å². The number of hydrogen-bond acceptors (Lipinski definition) is 4. The van der Waals surface area contributed by atoms with Crippen LogP contribution in [0, 0.1) is 5.41 Å². The molecule has 26 heavy (non-hydrogen) atoms. The summed E-state index contributed by atoms with van der Waals surface area (Å²) in [6.07, 6.45) is 0. The highest BCUT2D eigenvalue weighted by Gasteiger charge is 2.27. The van der Waals surface area contributed by atoms with E-state index in [1.807, 2.05) is 38.3 Å². The number of thiophene rings is 1. The average molecular weight is 374 g/mol. The summed E-state index contributed by atoms with van der Waals surface area (Å²) in [7, 11) is 0. The summed E-state index contributed by atoms with van der Waals surface area (Å²) in [5.74, 6) is -0.106. The molecule has 1 N–H and O–H groups in total. The molecule has 2 aromatic rings. The summed E-state index contributed by atoms with van der Waals surface area (Å²) in [4.78, 5) is 24.9. The quantitative estimate of drug-likeness (QED) is 0.684. The summed E-state index contributed by atoms with van der Waals surface area (Å²) in [6, 6.07) is 8.16. The Kier molecular flexibility index (Phi) is 6.24. The van der Waals surface area contributed by atoms with Gasteiger partial charge in [-0.1, -0.05) is 58.9 Å². The number of hydrogen-bond donors (Lipinski definition) is 1. The van der Waals surface area contributed by atoms with Crippen molar-refractivity contribution in [3.63, 3.8) is 0 Å². The molecule has 1 heterocycles. The third-order valence-electron chi connectivity index (χ3n) is 4.07. The minimum atomic E-state index is -0.547. The monoisotopic (exact) mass is 373 g/mol. The first kappa shape index (κ1) is 20.2. The molecule has 0 bridgehead atoms. The number of benzene rings is 1. The molecule has 4 nitrogen and oxygen atoms in total. The number of carbonyl (C=O) groups is 2. The van der Waals surface area contributed by atoms with Crippen LogP contribution >= 0.6 is 11.3 Å². The van der Waals surface area contributed by atoms with Gasteiger partial charge in [0, 0.05) is 16.4 Å².